The maximum Gasteiger partial charge on any atom is 0.130 e. The van der Waals surface area contributed by atoms with Gasteiger partial charge in [-0.15, -0.1) is 0 Å². The summed E-state index contributed by atoms with van der Waals surface area (Å²) < 4.78 is 12.3. The zero-order chi connectivity index (χ0) is 19.4. The van der Waals surface area contributed by atoms with E-state index in [1.54, 1.807) is 6.20 Å². The van der Waals surface area contributed by atoms with Crippen LogP contribution in [0.2, 0.25) is 0 Å². The molecule has 3 rings (SSSR count). The van der Waals surface area contributed by atoms with Gasteiger partial charge in [0.25, 0.3) is 0 Å². The maximum atomic E-state index is 10.3. The van der Waals surface area contributed by atoms with Crippen LogP contribution in [0, 0.1) is 20.8 Å². The fourth-order valence-electron chi connectivity index (χ4n) is 3.56. The number of phenolic OH excluding ortho intramolecular Hbond substituents is 1. The molecule has 146 valence electrons. The van der Waals surface area contributed by atoms with Crippen LogP contribution in [0.1, 0.15) is 41.2 Å². The predicted octanol–water partition coefficient (Wildman–Crippen LogP) is 3.60. The summed E-state index contributed by atoms with van der Waals surface area (Å²) in [5.74, 6) is 1.32. The Morgan fingerprint density at radius 1 is 1.26 bits per heavy atom. The van der Waals surface area contributed by atoms with Gasteiger partial charge in [-0.3, -0.25) is 4.98 Å². The van der Waals surface area contributed by atoms with Crippen LogP contribution in [0.15, 0.2) is 24.5 Å². The van der Waals surface area contributed by atoms with E-state index in [-0.39, 0.29) is 5.60 Å². The van der Waals surface area contributed by atoms with Gasteiger partial charge in [-0.05, 0) is 68.9 Å². The molecule has 0 radical (unpaired) electrons. The molecule has 0 fully saturated rings. The van der Waals surface area contributed by atoms with Gasteiger partial charge in [-0.1, -0.05) is 6.07 Å². The third-order valence-corrected chi connectivity index (χ3v) is 5.48. The molecule has 2 aromatic rings. The molecular weight excluding hydrogens is 340 g/mol. The van der Waals surface area contributed by atoms with Gasteiger partial charge in [-0.2, -0.15) is 0 Å². The lowest BCUT2D eigenvalue weighted by Crippen LogP contribution is -2.42. The number of ether oxygens (including phenoxy) is 2. The Morgan fingerprint density at radius 2 is 2.07 bits per heavy atom. The van der Waals surface area contributed by atoms with E-state index in [1.807, 2.05) is 33.0 Å². The van der Waals surface area contributed by atoms with Gasteiger partial charge in [-0.25, -0.2) is 0 Å². The first-order valence-electron chi connectivity index (χ1n) is 9.59. The third-order valence-electron chi connectivity index (χ3n) is 5.48. The van der Waals surface area contributed by atoms with Gasteiger partial charge in [0.1, 0.15) is 17.1 Å². The van der Waals surface area contributed by atoms with E-state index in [9.17, 15) is 5.11 Å². The molecule has 2 N–H and O–H groups in total. The Hall–Kier alpha value is -2.11. The topological polar surface area (TPSA) is 63.6 Å². The number of nitrogens with zero attached hydrogens (tertiary/aromatic N) is 1. The highest BCUT2D eigenvalue weighted by Gasteiger charge is 2.34. The lowest BCUT2D eigenvalue weighted by Gasteiger charge is -2.37. The fourth-order valence-corrected chi connectivity index (χ4v) is 3.56. The summed E-state index contributed by atoms with van der Waals surface area (Å²) >= 11 is 0. The van der Waals surface area contributed by atoms with Gasteiger partial charge in [0.05, 0.1) is 13.2 Å². The Kier molecular flexibility index (Phi) is 6.02. The van der Waals surface area contributed by atoms with Crippen molar-refractivity contribution in [2.45, 2.75) is 52.7 Å². The van der Waals surface area contributed by atoms with E-state index in [4.69, 9.17) is 9.47 Å². The molecule has 0 spiro atoms. The first kappa shape index (κ1) is 19.6. The molecule has 2 heterocycles. The van der Waals surface area contributed by atoms with Crippen molar-refractivity contribution in [1.82, 2.24) is 10.3 Å². The van der Waals surface area contributed by atoms with Gasteiger partial charge in [0.2, 0.25) is 0 Å². The van der Waals surface area contributed by atoms with Crippen molar-refractivity contribution >= 4 is 0 Å². The minimum absolute atomic E-state index is 0.336. The molecule has 0 amide bonds. The number of pyridine rings is 1. The van der Waals surface area contributed by atoms with E-state index in [0.717, 1.165) is 53.9 Å². The highest BCUT2D eigenvalue weighted by atomic mass is 16.5. The average molecular weight is 370 g/mol. The van der Waals surface area contributed by atoms with Crippen molar-refractivity contribution in [2.24, 2.45) is 0 Å². The highest BCUT2D eigenvalue weighted by Crippen LogP contribution is 2.43. The minimum atomic E-state index is -0.336. The van der Waals surface area contributed by atoms with Crippen molar-refractivity contribution in [3.8, 4) is 11.5 Å². The molecule has 1 unspecified atom stereocenters. The van der Waals surface area contributed by atoms with E-state index < -0.39 is 0 Å². The quantitative estimate of drug-likeness (QED) is 0.729. The molecule has 0 aliphatic carbocycles. The third kappa shape index (κ3) is 4.42. The molecular formula is C22H30N2O3. The van der Waals surface area contributed by atoms with Crippen molar-refractivity contribution in [2.75, 3.05) is 19.8 Å². The van der Waals surface area contributed by atoms with E-state index in [1.165, 1.54) is 5.56 Å². The second-order valence-electron chi connectivity index (χ2n) is 7.67. The SMILES string of the molecule is Cc1c(C)c2c(c(C)c1O)CCC(C)(COCCNCc1cccnc1)O2. The first-order valence-corrected chi connectivity index (χ1v) is 9.59. The van der Waals surface area contributed by atoms with Crippen LogP contribution in [0.4, 0.5) is 0 Å². The molecule has 0 saturated carbocycles. The second-order valence-corrected chi connectivity index (χ2v) is 7.67. The lowest BCUT2D eigenvalue weighted by molar-refractivity contribution is -0.0274. The van der Waals surface area contributed by atoms with E-state index >= 15 is 0 Å². The minimum Gasteiger partial charge on any atom is -0.507 e. The molecule has 0 saturated heterocycles. The summed E-state index contributed by atoms with van der Waals surface area (Å²) in [6.45, 7) is 10.8. The number of nitrogens with one attached hydrogen (secondary N) is 1. The number of fused-ring (bicyclic) bond motifs is 1. The molecule has 0 bridgehead atoms. The molecule has 5 nitrogen and oxygen atoms in total. The number of hydrogen-bond donors (Lipinski definition) is 2. The molecule has 1 atom stereocenters. The normalized spacial score (nSPS) is 18.8. The number of benzene rings is 1. The highest BCUT2D eigenvalue weighted by molar-refractivity contribution is 5.58. The van der Waals surface area contributed by atoms with E-state index in [2.05, 4.69) is 23.3 Å². The van der Waals surface area contributed by atoms with Crippen LogP contribution in [0.25, 0.3) is 0 Å². The van der Waals surface area contributed by atoms with Gasteiger partial charge < -0.3 is 19.9 Å². The largest absolute Gasteiger partial charge is 0.507 e. The number of rotatable bonds is 7. The molecule has 1 aliphatic heterocycles. The van der Waals surface area contributed by atoms with Crippen LogP contribution in [0.5, 0.6) is 11.5 Å². The van der Waals surface area contributed by atoms with Crippen LogP contribution in [0.3, 0.4) is 0 Å². The Bertz CT molecular complexity index is 792. The molecule has 1 aliphatic rings. The summed E-state index contributed by atoms with van der Waals surface area (Å²) in [6, 6.07) is 4.00. The standard InChI is InChI=1S/C22H30N2O3/c1-15-16(2)21-19(17(3)20(15)25)7-8-22(4,27-21)14-26-11-10-24-13-18-6-5-9-23-12-18/h5-6,9,12,24-25H,7-8,10-11,13-14H2,1-4H3. The van der Waals surface area contributed by atoms with Crippen LogP contribution in [-0.2, 0) is 17.7 Å². The second kappa shape index (κ2) is 8.28. The predicted molar refractivity (Wildman–Crippen MR) is 106 cm³/mol. The summed E-state index contributed by atoms with van der Waals surface area (Å²) in [6.07, 6.45) is 5.43. The van der Waals surface area contributed by atoms with Crippen molar-refractivity contribution in [1.29, 1.82) is 0 Å². The number of aromatic hydroxyl groups is 1. The molecule has 1 aromatic heterocycles. The summed E-state index contributed by atoms with van der Waals surface area (Å²) in [4.78, 5) is 4.11. The van der Waals surface area contributed by atoms with Crippen LogP contribution in [-0.4, -0.2) is 35.5 Å². The Labute approximate surface area is 161 Å². The lowest BCUT2D eigenvalue weighted by atomic mass is 9.87. The van der Waals surface area contributed by atoms with Crippen LogP contribution >= 0.6 is 0 Å². The average Bonchev–Trinajstić information content (AvgIpc) is 2.68. The van der Waals surface area contributed by atoms with Gasteiger partial charge >= 0.3 is 0 Å². The first-order chi connectivity index (χ1) is 12.9. The Balaban J connectivity index is 1.50. The molecule has 27 heavy (non-hydrogen) atoms. The number of aromatic nitrogens is 1. The zero-order valence-electron chi connectivity index (χ0n) is 16.8. The van der Waals surface area contributed by atoms with Gasteiger partial charge in [0, 0.05) is 31.0 Å². The smallest absolute Gasteiger partial charge is 0.130 e. The maximum absolute atomic E-state index is 10.3. The summed E-state index contributed by atoms with van der Waals surface area (Å²) in [5, 5.41) is 13.7. The fraction of sp³-hybridized carbons (Fsp3) is 0.500. The molecule has 1 aromatic carbocycles. The van der Waals surface area contributed by atoms with Gasteiger partial charge in [0.15, 0.2) is 0 Å². The van der Waals surface area contributed by atoms with E-state index in [0.29, 0.717) is 19.0 Å². The zero-order valence-corrected chi connectivity index (χ0v) is 16.8. The monoisotopic (exact) mass is 370 g/mol. The molecule has 5 heteroatoms. The van der Waals surface area contributed by atoms with Crippen molar-refractivity contribution in [3.05, 3.63) is 52.3 Å². The summed E-state index contributed by atoms with van der Waals surface area (Å²) in [5.41, 5.74) is 4.83. The van der Waals surface area contributed by atoms with Crippen molar-refractivity contribution < 1.29 is 14.6 Å². The number of phenols is 1. The van der Waals surface area contributed by atoms with Crippen molar-refractivity contribution in [3.63, 3.8) is 0 Å². The Morgan fingerprint density at radius 3 is 2.81 bits per heavy atom. The summed E-state index contributed by atoms with van der Waals surface area (Å²) in [7, 11) is 0. The number of hydrogen-bond acceptors (Lipinski definition) is 5. The van der Waals surface area contributed by atoms with Crippen LogP contribution < -0.4 is 10.1 Å².